The number of likely N-dealkylation sites (tertiary alicyclic amines) is 1. The molecule has 0 bridgehead atoms. The molecule has 2 aliphatic heterocycles. The standard InChI is InChI=1S/C18H17N3O3/c1-20-15(13-7-9-19-10-8-13)14-16(24-20)18(23)21(17(14)22)11-12-5-3-2-4-6-12/h2-10,14-16H,11H2,1H3. The third-order valence-electron chi connectivity index (χ3n) is 4.63. The lowest BCUT2D eigenvalue weighted by molar-refractivity contribution is -0.170. The van der Waals surface area contributed by atoms with Gasteiger partial charge in [-0.25, -0.2) is 0 Å². The van der Waals surface area contributed by atoms with Gasteiger partial charge in [0, 0.05) is 19.4 Å². The Hall–Kier alpha value is -2.57. The summed E-state index contributed by atoms with van der Waals surface area (Å²) < 4.78 is 0. The Labute approximate surface area is 139 Å². The van der Waals surface area contributed by atoms with E-state index in [0.29, 0.717) is 0 Å². The number of benzene rings is 1. The lowest BCUT2D eigenvalue weighted by Gasteiger charge is -2.24. The van der Waals surface area contributed by atoms with Gasteiger partial charge in [0.25, 0.3) is 5.91 Å². The second-order valence-electron chi connectivity index (χ2n) is 6.07. The lowest BCUT2D eigenvalue weighted by Crippen LogP contribution is -2.35. The molecule has 2 fully saturated rings. The Morgan fingerprint density at radius 2 is 1.75 bits per heavy atom. The molecule has 4 rings (SSSR count). The number of carbonyl (C=O) groups is 2. The van der Waals surface area contributed by atoms with Crippen molar-refractivity contribution in [2.24, 2.45) is 5.92 Å². The second kappa shape index (κ2) is 5.81. The van der Waals surface area contributed by atoms with Gasteiger partial charge in [-0.3, -0.25) is 24.3 Å². The molecule has 2 aromatic rings. The molecular formula is C18H17N3O3. The molecule has 3 heterocycles. The van der Waals surface area contributed by atoms with Crippen molar-refractivity contribution in [3.8, 4) is 0 Å². The zero-order valence-corrected chi connectivity index (χ0v) is 13.2. The van der Waals surface area contributed by atoms with E-state index < -0.39 is 12.0 Å². The number of hydrogen-bond donors (Lipinski definition) is 0. The first-order valence-corrected chi connectivity index (χ1v) is 7.85. The molecule has 0 radical (unpaired) electrons. The highest BCUT2D eigenvalue weighted by Gasteiger charge is 2.58. The Morgan fingerprint density at radius 3 is 2.46 bits per heavy atom. The van der Waals surface area contributed by atoms with Gasteiger partial charge < -0.3 is 0 Å². The summed E-state index contributed by atoms with van der Waals surface area (Å²) >= 11 is 0. The van der Waals surface area contributed by atoms with Crippen molar-refractivity contribution in [1.29, 1.82) is 0 Å². The lowest BCUT2D eigenvalue weighted by atomic mass is 9.91. The van der Waals surface area contributed by atoms with E-state index in [-0.39, 0.29) is 24.4 Å². The van der Waals surface area contributed by atoms with Crippen LogP contribution in [0.1, 0.15) is 17.2 Å². The summed E-state index contributed by atoms with van der Waals surface area (Å²) in [6, 6.07) is 12.9. The zero-order chi connectivity index (χ0) is 16.7. The summed E-state index contributed by atoms with van der Waals surface area (Å²) in [5.41, 5.74) is 1.84. The molecule has 122 valence electrons. The van der Waals surface area contributed by atoms with E-state index in [1.54, 1.807) is 24.5 Å². The number of fused-ring (bicyclic) bond motifs is 1. The highest BCUT2D eigenvalue weighted by Crippen LogP contribution is 2.43. The van der Waals surface area contributed by atoms with Crippen molar-refractivity contribution >= 4 is 11.8 Å². The number of aromatic nitrogens is 1. The fourth-order valence-corrected chi connectivity index (χ4v) is 3.51. The number of hydrogen-bond acceptors (Lipinski definition) is 5. The maximum absolute atomic E-state index is 12.9. The van der Waals surface area contributed by atoms with Crippen molar-refractivity contribution in [2.75, 3.05) is 7.05 Å². The highest BCUT2D eigenvalue weighted by atomic mass is 16.7. The van der Waals surface area contributed by atoms with E-state index in [1.807, 2.05) is 42.5 Å². The number of amides is 2. The number of pyridine rings is 1. The Balaban J connectivity index is 1.63. The average Bonchev–Trinajstić information content (AvgIpc) is 3.06. The van der Waals surface area contributed by atoms with Gasteiger partial charge in [-0.1, -0.05) is 30.3 Å². The predicted octanol–water partition coefficient (Wildman–Crippen LogP) is 1.55. The monoisotopic (exact) mass is 323 g/mol. The van der Waals surface area contributed by atoms with Crippen molar-refractivity contribution in [1.82, 2.24) is 14.9 Å². The average molecular weight is 323 g/mol. The molecule has 3 atom stereocenters. The van der Waals surface area contributed by atoms with Crippen LogP contribution in [0.15, 0.2) is 54.9 Å². The van der Waals surface area contributed by atoms with Gasteiger partial charge in [-0.2, -0.15) is 5.06 Å². The van der Waals surface area contributed by atoms with Crippen LogP contribution in [0.4, 0.5) is 0 Å². The summed E-state index contributed by atoms with van der Waals surface area (Å²) in [5.74, 6) is -0.967. The van der Waals surface area contributed by atoms with Crippen LogP contribution in [-0.2, 0) is 21.0 Å². The van der Waals surface area contributed by atoms with E-state index >= 15 is 0 Å². The molecule has 0 saturated carbocycles. The van der Waals surface area contributed by atoms with Crippen LogP contribution >= 0.6 is 0 Å². The van der Waals surface area contributed by atoms with Gasteiger partial charge in [0.05, 0.1) is 18.5 Å². The third-order valence-corrected chi connectivity index (χ3v) is 4.63. The molecule has 0 spiro atoms. The molecule has 1 aromatic carbocycles. The molecule has 2 amide bonds. The largest absolute Gasteiger partial charge is 0.284 e. The molecule has 3 unspecified atom stereocenters. The molecule has 2 saturated heterocycles. The van der Waals surface area contributed by atoms with E-state index in [0.717, 1.165) is 11.1 Å². The van der Waals surface area contributed by atoms with Crippen LogP contribution in [0.25, 0.3) is 0 Å². The minimum Gasteiger partial charge on any atom is -0.284 e. The maximum atomic E-state index is 12.9. The SMILES string of the molecule is CN1OC2C(=O)N(Cc3ccccc3)C(=O)C2C1c1ccncc1. The van der Waals surface area contributed by atoms with E-state index in [4.69, 9.17) is 4.84 Å². The Bertz CT molecular complexity index is 766. The molecule has 2 aliphatic rings. The summed E-state index contributed by atoms with van der Waals surface area (Å²) in [7, 11) is 1.76. The van der Waals surface area contributed by atoms with Crippen molar-refractivity contribution in [3.05, 3.63) is 66.0 Å². The summed E-state index contributed by atoms with van der Waals surface area (Å²) in [5, 5.41) is 1.61. The number of rotatable bonds is 3. The van der Waals surface area contributed by atoms with Crippen LogP contribution in [0.3, 0.4) is 0 Å². The minimum atomic E-state index is -0.746. The van der Waals surface area contributed by atoms with Crippen LogP contribution in [0.5, 0.6) is 0 Å². The second-order valence-corrected chi connectivity index (χ2v) is 6.07. The number of carbonyl (C=O) groups excluding carboxylic acids is 2. The van der Waals surface area contributed by atoms with E-state index in [2.05, 4.69) is 4.98 Å². The van der Waals surface area contributed by atoms with Crippen molar-refractivity contribution < 1.29 is 14.4 Å². The number of nitrogens with zero attached hydrogens (tertiary/aromatic N) is 3. The molecule has 6 nitrogen and oxygen atoms in total. The molecule has 0 N–H and O–H groups in total. The van der Waals surface area contributed by atoms with Crippen LogP contribution in [0.2, 0.25) is 0 Å². The maximum Gasteiger partial charge on any atom is 0.261 e. The van der Waals surface area contributed by atoms with E-state index in [1.165, 1.54) is 4.90 Å². The first-order valence-electron chi connectivity index (χ1n) is 7.85. The van der Waals surface area contributed by atoms with Gasteiger partial charge in [0.1, 0.15) is 0 Å². The smallest absolute Gasteiger partial charge is 0.261 e. The number of hydroxylamine groups is 2. The first-order chi connectivity index (χ1) is 11.7. The van der Waals surface area contributed by atoms with E-state index in [9.17, 15) is 9.59 Å². The van der Waals surface area contributed by atoms with Gasteiger partial charge in [-0.15, -0.1) is 0 Å². The normalized spacial score (nSPS) is 26.9. The van der Waals surface area contributed by atoms with Gasteiger partial charge in [0.2, 0.25) is 5.91 Å². The molecule has 24 heavy (non-hydrogen) atoms. The topological polar surface area (TPSA) is 62.7 Å². The molecule has 6 heteroatoms. The fraction of sp³-hybridized carbons (Fsp3) is 0.278. The third kappa shape index (κ3) is 2.31. The van der Waals surface area contributed by atoms with Crippen molar-refractivity contribution in [3.63, 3.8) is 0 Å². The highest BCUT2D eigenvalue weighted by molar-refractivity contribution is 6.07. The van der Waals surface area contributed by atoms with Crippen LogP contribution in [0, 0.1) is 5.92 Å². The first kappa shape index (κ1) is 15.0. The predicted molar refractivity (Wildman–Crippen MR) is 85.1 cm³/mol. The molecule has 1 aromatic heterocycles. The van der Waals surface area contributed by atoms with Crippen molar-refractivity contribution in [2.45, 2.75) is 18.7 Å². The summed E-state index contributed by atoms with van der Waals surface area (Å²) in [4.78, 5) is 36.6. The number of imide groups is 1. The van der Waals surface area contributed by atoms with Gasteiger partial charge in [0.15, 0.2) is 6.10 Å². The van der Waals surface area contributed by atoms with Crippen LogP contribution < -0.4 is 0 Å². The molecular weight excluding hydrogens is 306 g/mol. The Kier molecular flexibility index (Phi) is 3.63. The minimum absolute atomic E-state index is 0.181. The molecule has 0 aliphatic carbocycles. The summed E-state index contributed by atoms with van der Waals surface area (Å²) in [6.07, 6.45) is 2.61. The summed E-state index contributed by atoms with van der Waals surface area (Å²) in [6.45, 7) is 0.279. The Morgan fingerprint density at radius 1 is 1.04 bits per heavy atom. The van der Waals surface area contributed by atoms with Gasteiger partial charge in [-0.05, 0) is 23.3 Å². The quantitative estimate of drug-likeness (QED) is 0.802. The fourth-order valence-electron chi connectivity index (χ4n) is 3.51. The zero-order valence-electron chi connectivity index (χ0n) is 13.2. The van der Waals surface area contributed by atoms with Gasteiger partial charge >= 0.3 is 0 Å². The van der Waals surface area contributed by atoms with Crippen LogP contribution in [-0.4, -0.2) is 39.9 Å².